The monoisotopic (exact) mass is 397 g/mol. The van der Waals surface area contributed by atoms with Gasteiger partial charge in [0.1, 0.15) is 0 Å². The molecule has 1 heterocycles. The Balaban J connectivity index is 1.81. The van der Waals surface area contributed by atoms with Gasteiger partial charge in [0.05, 0.1) is 20.1 Å². The van der Waals surface area contributed by atoms with Crippen LogP contribution < -0.4 is 4.74 Å². The van der Waals surface area contributed by atoms with Gasteiger partial charge in [-0.2, -0.15) is 0 Å². The van der Waals surface area contributed by atoms with Crippen LogP contribution in [0.2, 0.25) is 0 Å². The summed E-state index contributed by atoms with van der Waals surface area (Å²) in [6.45, 7) is 2.14. The van der Waals surface area contributed by atoms with Gasteiger partial charge >= 0.3 is 5.97 Å². The molecule has 0 aliphatic rings. The van der Waals surface area contributed by atoms with E-state index in [2.05, 4.69) is 4.98 Å². The first-order valence-electron chi connectivity index (χ1n) is 9.22. The molecule has 4 nitrogen and oxygen atoms in total. The Labute approximate surface area is 168 Å². The fourth-order valence-corrected chi connectivity index (χ4v) is 3.01. The normalized spacial score (nSPS) is 10.6. The Hall–Kier alpha value is -3.28. The number of pyridine rings is 1. The highest BCUT2D eigenvalue weighted by Crippen LogP contribution is 2.30. The summed E-state index contributed by atoms with van der Waals surface area (Å²) in [6, 6.07) is 13.2. The molecule has 1 aromatic heterocycles. The summed E-state index contributed by atoms with van der Waals surface area (Å²) in [6.07, 6.45) is 2.51. The lowest BCUT2D eigenvalue weighted by Gasteiger charge is -2.11. The molecule has 0 atom stereocenters. The number of esters is 1. The van der Waals surface area contributed by atoms with Crippen molar-refractivity contribution in [2.45, 2.75) is 19.8 Å². The summed E-state index contributed by atoms with van der Waals surface area (Å²) in [5.74, 6) is -1.74. The van der Waals surface area contributed by atoms with Gasteiger partial charge in [-0.15, -0.1) is 0 Å². The molecule has 0 saturated heterocycles. The Morgan fingerprint density at radius 2 is 1.69 bits per heavy atom. The van der Waals surface area contributed by atoms with Crippen molar-refractivity contribution in [1.82, 2.24) is 4.98 Å². The minimum absolute atomic E-state index is 0.235. The third-order valence-electron chi connectivity index (χ3n) is 4.42. The minimum Gasteiger partial charge on any atom is -0.481 e. The highest BCUT2D eigenvalue weighted by atomic mass is 19.2. The average Bonchev–Trinajstić information content (AvgIpc) is 2.71. The molecule has 0 aliphatic heterocycles. The van der Waals surface area contributed by atoms with Crippen molar-refractivity contribution in [3.05, 3.63) is 83.1 Å². The Kier molecular flexibility index (Phi) is 6.54. The van der Waals surface area contributed by atoms with Crippen molar-refractivity contribution >= 4 is 5.97 Å². The van der Waals surface area contributed by atoms with Gasteiger partial charge in [-0.25, -0.2) is 13.8 Å². The number of halogens is 2. The number of ether oxygens (including phenoxy) is 2. The molecule has 0 radical (unpaired) electrons. The van der Waals surface area contributed by atoms with Gasteiger partial charge in [0, 0.05) is 11.8 Å². The van der Waals surface area contributed by atoms with Crippen molar-refractivity contribution in [2.24, 2.45) is 0 Å². The quantitative estimate of drug-likeness (QED) is 0.541. The van der Waals surface area contributed by atoms with Crippen LogP contribution in [0.5, 0.6) is 5.88 Å². The molecule has 0 bridgehead atoms. The van der Waals surface area contributed by atoms with Gasteiger partial charge in [0.2, 0.25) is 5.88 Å². The number of methoxy groups -OCH3 is 1. The second kappa shape index (κ2) is 9.28. The van der Waals surface area contributed by atoms with Crippen LogP contribution in [0.3, 0.4) is 0 Å². The number of aromatic nitrogens is 1. The number of hydrogen-bond acceptors (Lipinski definition) is 4. The van der Waals surface area contributed by atoms with E-state index in [1.54, 1.807) is 13.1 Å². The molecular weight excluding hydrogens is 376 g/mol. The SMILES string of the molecule is CCOC(=O)Cc1ccc(Cc2cnc(OC)c(-c3ccc(F)c(F)c3)c2)cc1. The highest BCUT2D eigenvalue weighted by Gasteiger charge is 2.12. The number of rotatable bonds is 7. The first-order chi connectivity index (χ1) is 14.0. The number of nitrogens with zero attached hydrogens (tertiary/aromatic N) is 1. The fourth-order valence-electron chi connectivity index (χ4n) is 3.01. The Morgan fingerprint density at radius 1 is 0.966 bits per heavy atom. The number of carbonyl (C=O) groups excluding carboxylic acids is 1. The van der Waals surface area contributed by atoms with E-state index in [0.717, 1.165) is 28.8 Å². The zero-order chi connectivity index (χ0) is 20.8. The molecule has 0 saturated carbocycles. The number of carbonyl (C=O) groups is 1. The molecule has 2 aromatic carbocycles. The maximum Gasteiger partial charge on any atom is 0.310 e. The molecule has 0 aliphatic carbocycles. The molecule has 0 N–H and O–H groups in total. The van der Waals surface area contributed by atoms with Crippen molar-refractivity contribution in [1.29, 1.82) is 0 Å². The van der Waals surface area contributed by atoms with E-state index >= 15 is 0 Å². The molecular formula is C23H21F2NO3. The third kappa shape index (κ3) is 5.16. The molecule has 0 spiro atoms. The fraction of sp³-hybridized carbons (Fsp3) is 0.217. The molecule has 3 rings (SSSR count). The second-order valence-corrected chi connectivity index (χ2v) is 6.50. The van der Waals surface area contributed by atoms with Crippen LogP contribution in [-0.4, -0.2) is 24.7 Å². The smallest absolute Gasteiger partial charge is 0.310 e. The lowest BCUT2D eigenvalue weighted by Crippen LogP contribution is -2.07. The Morgan fingerprint density at radius 3 is 2.34 bits per heavy atom. The molecule has 6 heteroatoms. The predicted molar refractivity (Wildman–Crippen MR) is 106 cm³/mol. The van der Waals surface area contributed by atoms with E-state index in [1.807, 2.05) is 30.3 Å². The van der Waals surface area contributed by atoms with Crippen LogP contribution >= 0.6 is 0 Å². The highest BCUT2D eigenvalue weighted by molar-refractivity contribution is 5.72. The summed E-state index contributed by atoms with van der Waals surface area (Å²) >= 11 is 0. The molecule has 0 fully saturated rings. The van der Waals surface area contributed by atoms with Gasteiger partial charge in [-0.3, -0.25) is 4.79 Å². The van der Waals surface area contributed by atoms with Crippen LogP contribution in [-0.2, 0) is 22.4 Å². The zero-order valence-corrected chi connectivity index (χ0v) is 16.2. The first-order valence-corrected chi connectivity index (χ1v) is 9.22. The summed E-state index contributed by atoms with van der Waals surface area (Å²) in [4.78, 5) is 15.9. The lowest BCUT2D eigenvalue weighted by atomic mass is 10.00. The van der Waals surface area contributed by atoms with Crippen LogP contribution in [0, 0.1) is 11.6 Å². The third-order valence-corrected chi connectivity index (χ3v) is 4.42. The van der Waals surface area contributed by atoms with Gasteiger partial charge in [0.15, 0.2) is 11.6 Å². The first kappa shape index (κ1) is 20.5. The largest absolute Gasteiger partial charge is 0.481 e. The summed E-state index contributed by atoms with van der Waals surface area (Å²) in [5.41, 5.74) is 3.87. The van der Waals surface area contributed by atoms with Crippen molar-refractivity contribution < 1.29 is 23.0 Å². The number of benzene rings is 2. The van der Waals surface area contributed by atoms with E-state index in [1.165, 1.54) is 13.2 Å². The van der Waals surface area contributed by atoms with Crippen LogP contribution in [0.4, 0.5) is 8.78 Å². The molecule has 0 amide bonds. The van der Waals surface area contributed by atoms with E-state index in [-0.39, 0.29) is 12.4 Å². The van der Waals surface area contributed by atoms with E-state index in [9.17, 15) is 13.6 Å². The lowest BCUT2D eigenvalue weighted by molar-refractivity contribution is -0.142. The molecule has 29 heavy (non-hydrogen) atoms. The van der Waals surface area contributed by atoms with E-state index in [0.29, 0.717) is 30.0 Å². The minimum atomic E-state index is -0.924. The number of hydrogen-bond donors (Lipinski definition) is 0. The van der Waals surface area contributed by atoms with Crippen molar-refractivity contribution in [2.75, 3.05) is 13.7 Å². The summed E-state index contributed by atoms with van der Waals surface area (Å²) < 4.78 is 37.2. The van der Waals surface area contributed by atoms with Gasteiger partial charge in [-0.1, -0.05) is 30.3 Å². The standard InChI is InChI=1S/C23H21F2NO3/c1-3-29-22(27)12-16-6-4-15(5-7-16)10-17-11-19(23(28-2)26-14-17)18-8-9-20(24)21(25)13-18/h4-9,11,13-14H,3,10,12H2,1-2H3. The van der Waals surface area contributed by atoms with Crippen molar-refractivity contribution in [3.8, 4) is 17.0 Å². The average molecular weight is 397 g/mol. The molecule has 0 unspecified atom stereocenters. The topological polar surface area (TPSA) is 48.4 Å². The van der Waals surface area contributed by atoms with Gasteiger partial charge in [0.25, 0.3) is 0 Å². The van der Waals surface area contributed by atoms with Crippen LogP contribution in [0.15, 0.2) is 54.7 Å². The van der Waals surface area contributed by atoms with Gasteiger partial charge in [-0.05, 0) is 53.8 Å². The van der Waals surface area contributed by atoms with Crippen LogP contribution in [0.25, 0.3) is 11.1 Å². The Bertz CT molecular complexity index is 1000. The van der Waals surface area contributed by atoms with Gasteiger partial charge < -0.3 is 9.47 Å². The van der Waals surface area contributed by atoms with Crippen LogP contribution in [0.1, 0.15) is 23.6 Å². The summed E-state index contributed by atoms with van der Waals surface area (Å²) in [5, 5.41) is 0. The summed E-state index contributed by atoms with van der Waals surface area (Å²) in [7, 11) is 1.48. The maximum atomic E-state index is 13.7. The second-order valence-electron chi connectivity index (χ2n) is 6.50. The predicted octanol–water partition coefficient (Wildman–Crippen LogP) is 4.73. The van der Waals surface area contributed by atoms with E-state index in [4.69, 9.17) is 9.47 Å². The zero-order valence-electron chi connectivity index (χ0n) is 16.2. The van der Waals surface area contributed by atoms with Crippen molar-refractivity contribution in [3.63, 3.8) is 0 Å². The maximum absolute atomic E-state index is 13.7. The molecule has 150 valence electrons. The van der Waals surface area contributed by atoms with E-state index < -0.39 is 11.6 Å². The molecule has 3 aromatic rings.